The van der Waals surface area contributed by atoms with Crippen molar-refractivity contribution >= 4 is 23.9 Å². The summed E-state index contributed by atoms with van der Waals surface area (Å²) >= 11 is 0. The molecule has 33 heavy (non-hydrogen) atoms. The SMILES string of the molecule is Cc1cc(/C=C/c2cc3c(cc2Cn2cccn2)C(C)(C)C(=O)CC3(C)C)ccc1C(=O)O. The predicted octanol–water partition coefficient (Wildman–Crippen LogP) is 5.64. The highest BCUT2D eigenvalue weighted by atomic mass is 16.4. The Balaban J connectivity index is 1.83. The summed E-state index contributed by atoms with van der Waals surface area (Å²) in [4.78, 5) is 24.3. The fourth-order valence-electron chi connectivity index (χ4n) is 4.68. The molecule has 1 aliphatic carbocycles. The fourth-order valence-corrected chi connectivity index (χ4v) is 4.68. The molecule has 5 nitrogen and oxygen atoms in total. The van der Waals surface area contributed by atoms with E-state index in [-0.39, 0.29) is 11.2 Å². The summed E-state index contributed by atoms with van der Waals surface area (Å²) < 4.78 is 1.88. The number of hydrogen-bond donors (Lipinski definition) is 1. The normalized spacial score (nSPS) is 16.7. The molecule has 0 atom stereocenters. The first-order valence-corrected chi connectivity index (χ1v) is 11.2. The van der Waals surface area contributed by atoms with Gasteiger partial charge in [-0.3, -0.25) is 9.48 Å². The topological polar surface area (TPSA) is 72.2 Å². The summed E-state index contributed by atoms with van der Waals surface area (Å²) in [5.41, 5.74) is 5.66. The van der Waals surface area contributed by atoms with Crippen molar-refractivity contribution in [2.24, 2.45) is 0 Å². The molecule has 0 spiro atoms. The van der Waals surface area contributed by atoms with Crippen LogP contribution in [0.1, 0.15) is 77.9 Å². The number of carbonyl (C=O) groups excluding carboxylic acids is 1. The summed E-state index contributed by atoms with van der Waals surface area (Å²) in [5.74, 6) is -0.652. The number of aromatic carboxylic acids is 1. The standard InChI is InChI=1S/C28H30N2O3/c1-18-13-19(8-10-22(18)26(32)33)7-9-20-14-23-24(15-21(20)17-30-12-6-11-29-30)28(4,5)25(31)16-27(23,2)3/h6-15H,16-17H2,1-5H3,(H,32,33)/b9-7+. The Labute approximate surface area is 194 Å². The minimum atomic E-state index is -0.918. The van der Waals surface area contributed by atoms with Gasteiger partial charge in [-0.05, 0) is 71.7 Å². The maximum atomic E-state index is 13.0. The first-order chi connectivity index (χ1) is 15.5. The Hall–Kier alpha value is -3.47. The zero-order valence-corrected chi connectivity index (χ0v) is 19.8. The molecule has 2 aromatic carbocycles. The number of aryl methyl sites for hydroxylation is 1. The Morgan fingerprint density at radius 2 is 1.88 bits per heavy atom. The number of carboxylic acid groups (broad SMARTS) is 1. The third kappa shape index (κ3) is 4.28. The molecule has 1 N–H and O–H groups in total. The van der Waals surface area contributed by atoms with E-state index < -0.39 is 11.4 Å². The second-order valence-corrected chi connectivity index (χ2v) is 10.1. The molecule has 1 aliphatic rings. The summed E-state index contributed by atoms with van der Waals surface area (Å²) in [6.45, 7) is 10.7. The number of fused-ring (bicyclic) bond motifs is 1. The van der Waals surface area contributed by atoms with Crippen molar-refractivity contribution in [3.05, 3.63) is 87.7 Å². The molecular formula is C28H30N2O3. The average molecular weight is 443 g/mol. The van der Waals surface area contributed by atoms with Crippen LogP contribution in [-0.2, 0) is 22.2 Å². The highest BCUT2D eigenvalue weighted by molar-refractivity contribution is 5.93. The van der Waals surface area contributed by atoms with Crippen LogP contribution in [0.5, 0.6) is 0 Å². The van der Waals surface area contributed by atoms with Crippen LogP contribution in [0.4, 0.5) is 0 Å². The number of carbonyl (C=O) groups is 2. The lowest BCUT2D eigenvalue weighted by Crippen LogP contribution is -2.42. The van der Waals surface area contributed by atoms with Gasteiger partial charge in [-0.15, -0.1) is 0 Å². The lowest BCUT2D eigenvalue weighted by atomic mass is 9.62. The van der Waals surface area contributed by atoms with Gasteiger partial charge in [0, 0.05) is 24.2 Å². The van der Waals surface area contributed by atoms with Crippen molar-refractivity contribution in [3.63, 3.8) is 0 Å². The third-order valence-electron chi connectivity index (χ3n) is 6.81. The lowest BCUT2D eigenvalue weighted by Gasteiger charge is -2.41. The van der Waals surface area contributed by atoms with Crippen LogP contribution in [0.3, 0.4) is 0 Å². The van der Waals surface area contributed by atoms with Crippen LogP contribution in [0.25, 0.3) is 12.2 Å². The molecule has 0 bridgehead atoms. The molecular weight excluding hydrogens is 412 g/mol. The van der Waals surface area contributed by atoms with E-state index in [9.17, 15) is 14.7 Å². The van der Waals surface area contributed by atoms with E-state index >= 15 is 0 Å². The van der Waals surface area contributed by atoms with Crippen LogP contribution < -0.4 is 0 Å². The molecule has 0 saturated heterocycles. The van der Waals surface area contributed by atoms with Gasteiger partial charge in [0.1, 0.15) is 5.78 Å². The number of aromatic nitrogens is 2. The molecule has 0 fully saturated rings. The van der Waals surface area contributed by atoms with Crippen LogP contribution >= 0.6 is 0 Å². The zero-order chi connectivity index (χ0) is 24.0. The van der Waals surface area contributed by atoms with Gasteiger partial charge < -0.3 is 5.11 Å². The molecule has 1 aromatic heterocycles. The lowest BCUT2D eigenvalue weighted by molar-refractivity contribution is -0.125. The molecule has 0 aliphatic heterocycles. The number of Topliss-reactive ketones (excluding diaryl/α,β-unsaturated/α-hetero) is 1. The summed E-state index contributed by atoms with van der Waals surface area (Å²) in [6, 6.07) is 11.6. The molecule has 0 amide bonds. The molecule has 3 aromatic rings. The smallest absolute Gasteiger partial charge is 0.335 e. The molecule has 0 radical (unpaired) electrons. The fraction of sp³-hybridized carbons (Fsp3) is 0.321. The molecule has 1 heterocycles. The van der Waals surface area contributed by atoms with Gasteiger partial charge in [0.15, 0.2) is 0 Å². The van der Waals surface area contributed by atoms with Gasteiger partial charge in [-0.25, -0.2) is 4.79 Å². The van der Waals surface area contributed by atoms with Crippen molar-refractivity contribution in [2.45, 2.75) is 58.4 Å². The minimum Gasteiger partial charge on any atom is -0.478 e. The molecule has 0 unspecified atom stereocenters. The quantitative estimate of drug-likeness (QED) is 0.519. The third-order valence-corrected chi connectivity index (χ3v) is 6.81. The summed E-state index contributed by atoms with van der Waals surface area (Å²) in [5, 5.41) is 13.7. The van der Waals surface area contributed by atoms with E-state index in [0.29, 0.717) is 18.5 Å². The van der Waals surface area contributed by atoms with E-state index in [1.165, 1.54) is 5.56 Å². The van der Waals surface area contributed by atoms with Gasteiger partial charge in [0.05, 0.1) is 12.1 Å². The Morgan fingerprint density at radius 1 is 1.12 bits per heavy atom. The Bertz CT molecular complexity index is 1260. The second-order valence-electron chi connectivity index (χ2n) is 10.1. The van der Waals surface area contributed by atoms with Crippen molar-refractivity contribution in [1.29, 1.82) is 0 Å². The van der Waals surface area contributed by atoms with Crippen LogP contribution in [0.2, 0.25) is 0 Å². The predicted molar refractivity (Wildman–Crippen MR) is 131 cm³/mol. The van der Waals surface area contributed by atoms with Crippen LogP contribution in [-0.4, -0.2) is 26.6 Å². The number of ketones is 1. The number of rotatable bonds is 5. The molecule has 0 saturated carbocycles. The Morgan fingerprint density at radius 3 is 2.52 bits per heavy atom. The average Bonchev–Trinajstić information content (AvgIpc) is 3.24. The van der Waals surface area contributed by atoms with Gasteiger partial charge in [-0.1, -0.05) is 50.3 Å². The van der Waals surface area contributed by atoms with Crippen molar-refractivity contribution in [1.82, 2.24) is 9.78 Å². The van der Waals surface area contributed by atoms with E-state index in [0.717, 1.165) is 27.8 Å². The number of benzene rings is 2. The van der Waals surface area contributed by atoms with E-state index in [1.54, 1.807) is 12.3 Å². The Kier molecular flexibility index (Phi) is 5.61. The number of nitrogens with zero attached hydrogens (tertiary/aromatic N) is 2. The molecule has 170 valence electrons. The first-order valence-electron chi connectivity index (χ1n) is 11.2. The minimum absolute atomic E-state index is 0.242. The number of carboxylic acids is 1. The van der Waals surface area contributed by atoms with Gasteiger partial charge >= 0.3 is 5.97 Å². The largest absolute Gasteiger partial charge is 0.478 e. The summed E-state index contributed by atoms with van der Waals surface area (Å²) in [7, 11) is 0. The van der Waals surface area contributed by atoms with Crippen LogP contribution in [0.15, 0.2) is 48.8 Å². The van der Waals surface area contributed by atoms with Crippen molar-refractivity contribution < 1.29 is 14.7 Å². The van der Waals surface area contributed by atoms with Gasteiger partial charge in [-0.2, -0.15) is 5.10 Å². The highest BCUT2D eigenvalue weighted by Gasteiger charge is 2.43. The van der Waals surface area contributed by atoms with E-state index in [1.807, 2.05) is 55.9 Å². The van der Waals surface area contributed by atoms with E-state index in [2.05, 4.69) is 37.2 Å². The van der Waals surface area contributed by atoms with E-state index in [4.69, 9.17) is 0 Å². The summed E-state index contributed by atoms with van der Waals surface area (Å²) in [6.07, 6.45) is 8.30. The van der Waals surface area contributed by atoms with Gasteiger partial charge in [0.2, 0.25) is 0 Å². The monoisotopic (exact) mass is 442 g/mol. The maximum absolute atomic E-state index is 13.0. The first kappa shape index (κ1) is 22.7. The zero-order valence-electron chi connectivity index (χ0n) is 19.8. The van der Waals surface area contributed by atoms with Crippen molar-refractivity contribution in [3.8, 4) is 0 Å². The van der Waals surface area contributed by atoms with Crippen LogP contribution in [0, 0.1) is 6.92 Å². The number of hydrogen-bond acceptors (Lipinski definition) is 3. The molecule has 5 heteroatoms. The van der Waals surface area contributed by atoms with Crippen molar-refractivity contribution in [2.75, 3.05) is 0 Å². The van der Waals surface area contributed by atoms with Gasteiger partial charge in [0.25, 0.3) is 0 Å². The maximum Gasteiger partial charge on any atom is 0.335 e. The second kappa shape index (κ2) is 8.14. The molecule has 4 rings (SSSR count). The highest BCUT2D eigenvalue weighted by Crippen LogP contribution is 2.45.